The molecule has 0 spiro atoms. The standard InChI is InChI=1S/C11H11NO3/c1-15-11(14)7-6-10(13)8-4-2-3-5-9(8)12/h2-7H,12H2,1H3/b7-6+. The number of anilines is 1. The minimum Gasteiger partial charge on any atom is -0.466 e. The zero-order chi connectivity index (χ0) is 11.3. The first kappa shape index (κ1) is 11.0. The Morgan fingerprint density at radius 1 is 1.27 bits per heavy atom. The maximum Gasteiger partial charge on any atom is 0.330 e. The van der Waals surface area contributed by atoms with Crippen LogP contribution in [0.1, 0.15) is 10.4 Å². The van der Waals surface area contributed by atoms with Gasteiger partial charge in [-0.1, -0.05) is 12.1 Å². The first-order valence-electron chi connectivity index (χ1n) is 4.30. The lowest BCUT2D eigenvalue weighted by Gasteiger charge is -1.99. The molecule has 15 heavy (non-hydrogen) atoms. The summed E-state index contributed by atoms with van der Waals surface area (Å²) in [6.07, 6.45) is 2.20. The second-order valence-corrected chi connectivity index (χ2v) is 2.81. The summed E-state index contributed by atoms with van der Waals surface area (Å²) in [6.45, 7) is 0. The van der Waals surface area contributed by atoms with Gasteiger partial charge in [-0.3, -0.25) is 4.79 Å². The van der Waals surface area contributed by atoms with Crippen molar-refractivity contribution >= 4 is 17.4 Å². The highest BCUT2D eigenvalue weighted by Crippen LogP contribution is 2.11. The Kier molecular flexibility index (Phi) is 3.62. The minimum atomic E-state index is -0.571. The van der Waals surface area contributed by atoms with E-state index in [0.29, 0.717) is 11.3 Å². The van der Waals surface area contributed by atoms with Crippen LogP contribution in [0.3, 0.4) is 0 Å². The summed E-state index contributed by atoms with van der Waals surface area (Å²) < 4.78 is 4.36. The molecule has 0 aliphatic heterocycles. The fourth-order valence-corrected chi connectivity index (χ4v) is 1.02. The van der Waals surface area contributed by atoms with E-state index < -0.39 is 5.97 Å². The van der Waals surface area contributed by atoms with Crippen LogP contribution in [0.25, 0.3) is 0 Å². The SMILES string of the molecule is COC(=O)/C=C/C(=O)c1ccccc1N. The Hall–Kier alpha value is -2.10. The number of allylic oxidation sites excluding steroid dienone is 1. The van der Waals surface area contributed by atoms with Crippen molar-refractivity contribution in [2.45, 2.75) is 0 Å². The van der Waals surface area contributed by atoms with Crippen LogP contribution in [0.15, 0.2) is 36.4 Å². The third-order valence-electron chi connectivity index (χ3n) is 1.80. The number of methoxy groups -OCH3 is 1. The summed E-state index contributed by atoms with van der Waals surface area (Å²) in [7, 11) is 1.24. The quantitative estimate of drug-likeness (QED) is 0.348. The molecule has 1 aromatic carbocycles. The van der Waals surface area contributed by atoms with Crippen molar-refractivity contribution in [3.05, 3.63) is 42.0 Å². The Bertz CT molecular complexity index is 410. The number of carbonyl (C=O) groups is 2. The van der Waals surface area contributed by atoms with Crippen molar-refractivity contribution in [3.63, 3.8) is 0 Å². The van der Waals surface area contributed by atoms with Crippen LogP contribution < -0.4 is 5.73 Å². The number of rotatable bonds is 3. The van der Waals surface area contributed by atoms with Gasteiger partial charge in [0.25, 0.3) is 0 Å². The number of ether oxygens (including phenoxy) is 1. The maximum absolute atomic E-state index is 11.5. The number of para-hydroxylation sites is 1. The summed E-state index contributed by atoms with van der Waals surface area (Å²) in [5.41, 5.74) is 6.35. The second kappa shape index (κ2) is 4.95. The molecule has 4 nitrogen and oxygen atoms in total. The highest BCUT2D eigenvalue weighted by Gasteiger charge is 2.05. The molecular formula is C11H11NO3. The highest BCUT2D eigenvalue weighted by atomic mass is 16.5. The number of hydrogen-bond acceptors (Lipinski definition) is 4. The molecule has 0 unspecified atom stereocenters. The Morgan fingerprint density at radius 3 is 2.53 bits per heavy atom. The molecular weight excluding hydrogens is 194 g/mol. The number of esters is 1. The molecule has 4 heteroatoms. The first-order valence-corrected chi connectivity index (χ1v) is 4.30. The van der Waals surface area contributed by atoms with Crippen LogP contribution >= 0.6 is 0 Å². The average Bonchev–Trinajstić information content (AvgIpc) is 2.26. The van der Waals surface area contributed by atoms with Crippen molar-refractivity contribution in [2.24, 2.45) is 0 Å². The smallest absolute Gasteiger partial charge is 0.330 e. The zero-order valence-corrected chi connectivity index (χ0v) is 8.27. The predicted molar refractivity (Wildman–Crippen MR) is 56.3 cm³/mol. The molecule has 0 atom stereocenters. The van der Waals surface area contributed by atoms with E-state index in [1.165, 1.54) is 7.11 Å². The van der Waals surface area contributed by atoms with Crippen LogP contribution in [-0.2, 0) is 9.53 Å². The van der Waals surface area contributed by atoms with Gasteiger partial charge in [0.1, 0.15) is 0 Å². The fourth-order valence-electron chi connectivity index (χ4n) is 1.02. The molecule has 78 valence electrons. The molecule has 0 aliphatic rings. The van der Waals surface area contributed by atoms with Crippen molar-refractivity contribution in [3.8, 4) is 0 Å². The third kappa shape index (κ3) is 2.95. The number of benzene rings is 1. The van der Waals surface area contributed by atoms with Crippen molar-refractivity contribution < 1.29 is 14.3 Å². The molecule has 0 amide bonds. The molecule has 0 bridgehead atoms. The van der Waals surface area contributed by atoms with Crippen LogP contribution in [0, 0.1) is 0 Å². The van der Waals surface area contributed by atoms with Gasteiger partial charge < -0.3 is 10.5 Å². The van der Waals surface area contributed by atoms with E-state index in [1.807, 2.05) is 0 Å². The summed E-state index contributed by atoms with van der Waals surface area (Å²) in [5, 5.41) is 0. The monoisotopic (exact) mass is 205 g/mol. The van der Waals surface area contributed by atoms with E-state index >= 15 is 0 Å². The van der Waals surface area contributed by atoms with E-state index in [1.54, 1.807) is 24.3 Å². The molecule has 0 radical (unpaired) electrons. The van der Waals surface area contributed by atoms with Crippen LogP contribution in [0.4, 0.5) is 5.69 Å². The summed E-state index contributed by atoms with van der Waals surface area (Å²) in [6, 6.07) is 6.66. The van der Waals surface area contributed by atoms with Gasteiger partial charge in [-0.2, -0.15) is 0 Å². The topological polar surface area (TPSA) is 69.4 Å². The molecule has 0 aliphatic carbocycles. The van der Waals surface area contributed by atoms with E-state index in [0.717, 1.165) is 12.2 Å². The van der Waals surface area contributed by atoms with Gasteiger partial charge in [-0.15, -0.1) is 0 Å². The van der Waals surface area contributed by atoms with E-state index in [2.05, 4.69) is 4.74 Å². The second-order valence-electron chi connectivity index (χ2n) is 2.81. The molecule has 1 rings (SSSR count). The average molecular weight is 205 g/mol. The van der Waals surface area contributed by atoms with E-state index in [4.69, 9.17) is 5.73 Å². The van der Waals surface area contributed by atoms with Gasteiger partial charge in [0.05, 0.1) is 7.11 Å². The minimum absolute atomic E-state index is 0.321. The summed E-state index contributed by atoms with van der Waals surface area (Å²) in [5.74, 6) is -0.892. The van der Waals surface area contributed by atoms with Crippen molar-refractivity contribution in [2.75, 3.05) is 12.8 Å². The first-order chi connectivity index (χ1) is 7.15. The number of nitrogen functional groups attached to an aromatic ring is 1. The Morgan fingerprint density at radius 2 is 1.93 bits per heavy atom. The Labute approximate surface area is 87.3 Å². The normalized spacial score (nSPS) is 10.2. The molecule has 0 heterocycles. The lowest BCUT2D eigenvalue weighted by Crippen LogP contribution is -2.02. The fraction of sp³-hybridized carbons (Fsp3) is 0.0909. The molecule has 1 aromatic rings. The summed E-state index contributed by atoms with van der Waals surface area (Å²) >= 11 is 0. The predicted octanol–water partition coefficient (Wildman–Crippen LogP) is 1.18. The largest absolute Gasteiger partial charge is 0.466 e. The third-order valence-corrected chi connectivity index (χ3v) is 1.80. The van der Waals surface area contributed by atoms with Crippen molar-refractivity contribution in [1.29, 1.82) is 0 Å². The van der Waals surface area contributed by atoms with Crippen LogP contribution in [-0.4, -0.2) is 18.9 Å². The Balaban J connectivity index is 2.83. The molecule has 0 fully saturated rings. The maximum atomic E-state index is 11.5. The zero-order valence-electron chi connectivity index (χ0n) is 8.27. The molecule has 0 saturated heterocycles. The lowest BCUT2D eigenvalue weighted by molar-refractivity contribution is -0.134. The lowest BCUT2D eigenvalue weighted by atomic mass is 10.1. The van der Waals surface area contributed by atoms with Gasteiger partial charge >= 0.3 is 5.97 Å². The van der Waals surface area contributed by atoms with Gasteiger partial charge in [-0.25, -0.2) is 4.79 Å². The number of ketones is 1. The number of nitrogens with two attached hydrogens (primary N) is 1. The van der Waals surface area contributed by atoms with Gasteiger partial charge in [-0.05, 0) is 18.2 Å². The highest BCUT2D eigenvalue weighted by molar-refractivity contribution is 6.09. The van der Waals surface area contributed by atoms with E-state index in [9.17, 15) is 9.59 Å². The van der Waals surface area contributed by atoms with Crippen molar-refractivity contribution in [1.82, 2.24) is 0 Å². The van der Waals surface area contributed by atoms with Crippen LogP contribution in [0.2, 0.25) is 0 Å². The van der Waals surface area contributed by atoms with Gasteiger partial charge in [0.2, 0.25) is 0 Å². The molecule has 2 N–H and O–H groups in total. The molecule has 0 saturated carbocycles. The molecule has 0 aromatic heterocycles. The summed E-state index contributed by atoms with van der Waals surface area (Å²) in [4.78, 5) is 22.3. The van der Waals surface area contributed by atoms with Crippen LogP contribution in [0.5, 0.6) is 0 Å². The number of hydrogen-bond donors (Lipinski definition) is 1. The van der Waals surface area contributed by atoms with Gasteiger partial charge in [0, 0.05) is 17.3 Å². The van der Waals surface area contributed by atoms with Gasteiger partial charge in [0.15, 0.2) is 5.78 Å². The number of carbonyl (C=O) groups excluding carboxylic acids is 2. The van der Waals surface area contributed by atoms with E-state index in [-0.39, 0.29) is 5.78 Å².